The third-order valence-electron chi connectivity index (χ3n) is 4.83. The van der Waals surface area contributed by atoms with Crippen molar-refractivity contribution in [2.24, 2.45) is 0 Å². The van der Waals surface area contributed by atoms with Gasteiger partial charge in [0.25, 0.3) is 5.91 Å². The number of amides is 1. The van der Waals surface area contributed by atoms with Gasteiger partial charge in [0, 0.05) is 28.4 Å². The van der Waals surface area contributed by atoms with Crippen LogP contribution in [-0.2, 0) is 6.54 Å². The second-order valence-electron chi connectivity index (χ2n) is 6.62. The molecule has 0 bridgehead atoms. The van der Waals surface area contributed by atoms with E-state index >= 15 is 0 Å². The highest BCUT2D eigenvalue weighted by atomic mass is 35.5. The summed E-state index contributed by atoms with van der Waals surface area (Å²) in [6, 6.07) is 23.1. The molecule has 1 N–H and O–H groups in total. The minimum absolute atomic E-state index is 0.000966. The fourth-order valence-corrected chi connectivity index (χ4v) is 3.67. The number of rotatable bonds is 6. The molecule has 0 saturated heterocycles. The van der Waals surface area contributed by atoms with E-state index in [-0.39, 0.29) is 12.1 Å². The molecule has 0 spiro atoms. The number of fused-ring (bicyclic) bond motifs is 1. The summed E-state index contributed by atoms with van der Waals surface area (Å²) in [7, 11) is 0. The lowest BCUT2D eigenvalue weighted by Gasteiger charge is -2.27. The highest BCUT2D eigenvalue weighted by Gasteiger charge is 2.36. The smallest absolute Gasteiger partial charge is 0.256 e. The fourth-order valence-electron chi connectivity index (χ4n) is 3.47. The van der Waals surface area contributed by atoms with Crippen molar-refractivity contribution in [3.63, 3.8) is 0 Å². The Morgan fingerprint density at radius 2 is 1.71 bits per heavy atom. The molecule has 4 nitrogen and oxygen atoms in total. The van der Waals surface area contributed by atoms with Gasteiger partial charge >= 0.3 is 0 Å². The van der Waals surface area contributed by atoms with Gasteiger partial charge in [-0.1, -0.05) is 48.0 Å². The fraction of sp³-hybridized carbons (Fsp3) is 0.174. The van der Waals surface area contributed by atoms with Crippen LogP contribution in [0.4, 0.5) is 5.69 Å². The molecule has 0 radical (unpaired) electrons. The maximum atomic E-state index is 13.1. The number of carbonyl (C=O) groups excluding carboxylic acids is 1. The zero-order valence-electron chi connectivity index (χ0n) is 15.6. The third kappa shape index (κ3) is 3.56. The van der Waals surface area contributed by atoms with Crippen LogP contribution in [0.25, 0.3) is 0 Å². The number of carbonyl (C=O) groups is 1. The Morgan fingerprint density at radius 1 is 1.00 bits per heavy atom. The Balaban J connectivity index is 1.64. The minimum atomic E-state index is -0.266. The van der Waals surface area contributed by atoms with Crippen molar-refractivity contribution in [3.8, 4) is 5.75 Å². The van der Waals surface area contributed by atoms with Crippen LogP contribution in [0.3, 0.4) is 0 Å². The molecule has 142 valence electrons. The van der Waals surface area contributed by atoms with Crippen molar-refractivity contribution in [2.45, 2.75) is 19.6 Å². The first-order valence-electron chi connectivity index (χ1n) is 9.30. The van der Waals surface area contributed by atoms with Gasteiger partial charge in [-0.25, -0.2) is 0 Å². The summed E-state index contributed by atoms with van der Waals surface area (Å²) >= 11 is 6.34. The largest absolute Gasteiger partial charge is 0.494 e. The number of anilines is 1. The predicted molar refractivity (Wildman–Crippen MR) is 112 cm³/mol. The highest BCUT2D eigenvalue weighted by molar-refractivity contribution is 6.31. The Kier molecular flexibility index (Phi) is 5.22. The normalized spacial score (nSPS) is 15.4. The van der Waals surface area contributed by atoms with E-state index in [0.717, 1.165) is 28.1 Å². The van der Waals surface area contributed by atoms with E-state index < -0.39 is 0 Å². The van der Waals surface area contributed by atoms with Gasteiger partial charge in [-0.3, -0.25) is 4.79 Å². The average Bonchev–Trinajstić information content (AvgIpc) is 2.97. The van der Waals surface area contributed by atoms with Gasteiger partial charge in [0.2, 0.25) is 0 Å². The topological polar surface area (TPSA) is 41.6 Å². The molecule has 28 heavy (non-hydrogen) atoms. The minimum Gasteiger partial charge on any atom is -0.494 e. The summed E-state index contributed by atoms with van der Waals surface area (Å²) in [4.78, 5) is 14.9. The van der Waals surface area contributed by atoms with Gasteiger partial charge in [0.15, 0.2) is 0 Å². The number of ether oxygens (including phenoxy) is 1. The molecular weight excluding hydrogens is 372 g/mol. The lowest BCUT2D eigenvalue weighted by atomic mass is 10.1. The van der Waals surface area contributed by atoms with Gasteiger partial charge in [-0.05, 0) is 48.9 Å². The molecule has 4 rings (SSSR count). The molecule has 3 aromatic rings. The van der Waals surface area contributed by atoms with Crippen molar-refractivity contribution in [1.82, 2.24) is 4.90 Å². The van der Waals surface area contributed by atoms with E-state index in [0.29, 0.717) is 18.2 Å². The molecule has 0 saturated carbocycles. The van der Waals surface area contributed by atoms with Crippen LogP contribution in [-0.4, -0.2) is 17.4 Å². The Labute approximate surface area is 169 Å². The van der Waals surface area contributed by atoms with Crippen molar-refractivity contribution in [1.29, 1.82) is 0 Å². The maximum absolute atomic E-state index is 13.1. The van der Waals surface area contributed by atoms with E-state index in [1.165, 1.54) is 0 Å². The Morgan fingerprint density at radius 3 is 2.46 bits per heavy atom. The molecule has 1 amide bonds. The van der Waals surface area contributed by atoms with Crippen LogP contribution in [0.15, 0.2) is 72.8 Å². The molecule has 0 unspecified atom stereocenters. The molecule has 0 aliphatic carbocycles. The second-order valence-corrected chi connectivity index (χ2v) is 7.02. The lowest BCUT2D eigenvalue weighted by molar-refractivity contribution is 0.0729. The van der Waals surface area contributed by atoms with Crippen molar-refractivity contribution >= 4 is 23.2 Å². The van der Waals surface area contributed by atoms with Crippen LogP contribution in [0.2, 0.25) is 5.02 Å². The summed E-state index contributed by atoms with van der Waals surface area (Å²) in [6.45, 7) is 3.02. The van der Waals surface area contributed by atoms with Crippen LogP contribution < -0.4 is 10.1 Å². The summed E-state index contributed by atoms with van der Waals surface area (Å²) in [5.74, 6) is 0.822. The van der Waals surface area contributed by atoms with Gasteiger partial charge in [0.05, 0.1) is 6.61 Å². The van der Waals surface area contributed by atoms with Crippen molar-refractivity contribution < 1.29 is 9.53 Å². The summed E-state index contributed by atoms with van der Waals surface area (Å²) in [6.07, 6.45) is -0.266. The van der Waals surface area contributed by atoms with Gasteiger partial charge in [-0.15, -0.1) is 0 Å². The molecule has 0 fully saturated rings. The molecule has 1 atom stereocenters. The number of hydrogen-bond acceptors (Lipinski definition) is 3. The lowest BCUT2D eigenvalue weighted by Crippen LogP contribution is -2.32. The van der Waals surface area contributed by atoms with Gasteiger partial charge in [-0.2, -0.15) is 0 Å². The molecule has 1 aliphatic heterocycles. The quantitative estimate of drug-likeness (QED) is 0.601. The van der Waals surface area contributed by atoms with Crippen molar-refractivity contribution in [3.05, 3.63) is 94.5 Å². The van der Waals surface area contributed by atoms with E-state index in [4.69, 9.17) is 16.3 Å². The zero-order chi connectivity index (χ0) is 19.5. The highest BCUT2D eigenvalue weighted by Crippen LogP contribution is 2.36. The summed E-state index contributed by atoms with van der Waals surface area (Å²) in [5.41, 5.74) is 3.53. The SMILES string of the molecule is CCOc1ccc(N[C@@H]2c3ccccc3C(=O)N2Cc2ccccc2Cl)cc1. The van der Waals surface area contributed by atoms with Crippen LogP contribution in [0.5, 0.6) is 5.75 Å². The first kappa shape index (κ1) is 18.4. The molecule has 1 heterocycles. The first-order valence-corrected chi connectivity index (χ1v) is 9.68. The average molecular weight is 393 g/mol. The molecule has 1 aliphatic rings. The third-order valence-corrected chi connectivity index (χ3v) is 5.19. The monoisotopic (exact) mass is 392 g/mol. The van der Waals surface area contributed by atoms with E-state index in [1.807, 2.05) is 84.6 Å². The number of hydrogen-bond donors (Lipinski definition) is 1. The standard InChI is InChI=1S/C23H21ClN2O2/c1-2-28-18-13-11-17(12-14-18)25-22-19-8-4-5-9-20(19)23(27)26(22)15-16-7-3-6-10-21(16)24/h3-14,22,25H,2,15H2,1H3/t22-/m0/s1. The van der Waals surface area contributed by atoms with E-state index in [1.54, 1.807) is 0 Å². The van der Waals surface area contributed by atoms with Crippen molar-refractivity contribution in [2.75, 3.05) is 11.9 Å². The zero-order valence-corrected chi connectivity index (χ0v) is 16.3. The predicted octanol–water partition coefficient (Wildman–Crippen LogP) is 5.51. The number of benzene rings is 3. The first-order chi connectivity index (χ1) is 13.7. The Bertz CT molecular complexity index is 988. The van der Waals surface area contributed by atoms with E-state index in [2.05, 4.69) is 5.32 Å². The van der Waals surface area contributed by atoms with Crippen LogP contribution in [0, 0.1) is 0 Å². The molecule has 0 aromatic heterocycles. The van der Waals surface area contributed by atoms with Gasteiger partial charge < -0.3 is 15.0 Å². The van der Waals surface area contributed by atoms with Gasteiger partial charge in [0.1, 0.15) is 11.9 Å². The number of nitrogens with one attached hydrogen (secondary N) is 1. The molecule has 5 heteroatoms. The van der Waals surface area contributed by atoms with Crippen LogP contribution in [0.1, 0.15) is 34.6 Å². The Hall–Kier alpha value is -2.98. The molecule has 3 aromatic carbocycles. The molecular formula is C23H21ClN2O2. The van der Waals surface area contributed by atoms with Crippen LogP contribution >= 0.6 is 11.6 Å². The maximum Gasteiger partial charge on any atom is 0.256 e. The second kappa shape index (κ2) is 7.95. The van der Waals surface area contributed by atoms with E-state index in [9.17, 15) is 4.79 Å². The summed E-state index contributed by atoms with van der Waals surface area (Å²) in [5, 5.41) is 4.15. The number of halogens is 1. The number of nitrogens with zero attached hydrogens (tertiary/aromatic N) is 1. The summed E-state index contributed by atoms with van der Waals surface area (Å²) < 4.78 is 5.51.